The Kier molecular flexibility index (Phi) is 3.37. The topological polar surface area (TPSA) is 74.0 Å². The highest BCUT2D eigenvalue weighted by Gasteiger charge is 2.38. The number of carbonyl (C=O) groups is 1. The Labute approximate surface area is 141 Å². The van der Waals surface area contributed by atoms with E-state index in [0.29, 0.717) is 6.42 Å². The quantitative estimate of drug-likeness (QED) is 0.907. The predicted molar refractivity (Wildman–Crippen MR) is 92.7 cm³/mol. The van der Waals surface area contributed by atoms with Crippen molar-refractivity contribution in [3.63, 3.8) is 0 Å². The van der Waals surface area contributed by atoms with Crippen molar-refractivity contribution in [1.82, 2.24) is 20.0 Å². The summed E-state index contributed by atoms with van der Waals surface area (Å²) in [5.74, 6) is 0.993. The molecule has 24 heavy (non-hydrogen) atoms. The largest absolute Gasteiger partial charge is 0.346 e. The van der Waals surface area contributed by atoms with E-state index in [2.05, 4.69) is 17.6 Å². The molecule has 2 heterocycles. The van der Waals surface area contributed by atoms with Crippen molar-refractivity contribution >= 4 is 22.8 Å². The van der Waals surface area contributed by atoms with Gasteiger partial charge in [-0.3, -0.25) is 19.8 Å². The summed E-state index contributed by atoms with van der Waals surface area (Å²) in [5.41, 5.74) is 1.38. The molecule has 2 aromatic rings. The summed E-state index contributed by atoms with van der Waals surface area (Å²) in [7, 11) is 1.63. The van der Waals surface area contributed by atoms with Gasteiger partial charge in [0.2, 0.25) is 5.91 Å². The molecule has 2 N–H and O–H groups in total. The minimum Gasteiger partial charge on any atom is -0.346 e. The molecule has 0 bridgehead atoms. The Bertz CT molecular complexity index is 802. The van der Waals surface area contributed by atoms with Gasteiger partial charge in [0.1, 0.15) is 0 Å². The van der Waals surface area contributed by atoms with Gasteiger partial charge in [-0.15, -0.1) is 0 Å². The fourth-order valence-electron chi connectivity index (χ4n) is 3.36. The monoisotopic (exact) mass is 325 g/mol. The number of amides is 1. The van der Waals surface area contributed by atoms with E-state index >= 15 is 0 Å². The van der Waals surface area contributed by atoms with Crippen molar-refractivity contribution < 1.29 is 4.79 Å². The lowest BCUT2D eigenvalue weighted by Crippen LogP contribution is -2.58. The first-order valence-corrected chi connectivity index (χ1v) is 8.56. The maximum atomic E-state index is 12.1. The number of aryl methyl sites for hydroxylation is 1. The lowest BCUT2D eigenvalue weighted by atomic mass is 9.86. The van der Waals surface area contributed by atoms with Crippen LogP contribution in [0.1, 0.15) is 38.2 Å². The van der Waals surface area contributed by atoms with Crippen LogP contribution in [-0.2, 0) is 16.9 Å². The third kappa shape index (κ3) is 2.66. The van der Waals surface area contributed by atoms with Crippen LogP contribution in [0.15, 0.2) is 24.4 Å². The van der Waals surface area contributed by atoms with Crippen LogP contribution in [0.3, 0.4) is 0 Å². The van der Waals surface area contributed by atoms with Gasteiger partial charge in [-0.05, 0) is 30.9 Å². The molecule has 126 valence electrons. The molecule has 1 amide bonds. The maximum Gasteiger partial charge on any atom is 0.231 e. The molecule has 4 rings (SSSR count). The van der Waals surface area contributed by atoms with E-state index in [1.54, 1.807) is 7.05 Å². The van der Waals surface area contributed by atoms with Crippen LogP contribution in [-0.4, -0.2) is 33.6 Å². The standard InChI is InChI=1S/C18H23N5O/c1-18(10-16(24)22(2)17(19)20-18)14-6-5-13-11-23(21-15(13)9-14)8-7-12-3-4-12/h5-6,9,11-12H,3-4,7-8,10H2,1-2H3,(H2,19,20)/t18-/m0/s1. The molecule has 0 spiro atoms. The Balaban J connectivity index is 1.61. The first kappa shape index (κ1) is 15.2. The predicted octanol–water partition coefficient (Wildman–Crippen LogP) is 2.44. The summed E-state index contributed by atoms with van der Waals surface area (Å²) in [6.07, 6.45) is 6.36. The van der Waals surface area contributed by atoms with Gasteiger partial charge in [0.05, 0.1) is 17.5 Å². The van der Waals surface area contributed by atoms with Crippen LogP contribution in [0.25, 0.3) is 10.9 Å². The van der Waals surface area contributed by atoms with Crippen molar-refractivity contribution in [2.45, 2.75) is 44.7 Å². The Morgan fingerprint density at radius 2 is 2.21 bits per heavy atom. The number of nitrogens with zero attached hydrogens (tertiary/aromatic N) is 3. The molecule has 1 saturated carbocycles. The Morgan fingerprint density at radius 3 is 2.92 bits per heavy atom. The summed E-state index contributed by atoms with van der Waals surface area (Å²) in [6.45, 7) is 2.94. The van der Waals surface area contributed by atoms with Crippen molar-refractivity contribution in [2.24, 2.45) is 5.92 Å². The molecule has 1 aliphatic carbocycles. The number of nitrogens with one attached hydrogen (secondary N) is 2. The zero-order chi connectivity index (χ0) is 16.9. The van der Waals surface area contributed by atoms with Gasteiger partial charge < -0.3 is 5.32 Å². The van der Waals surface area contributed by atoms with E-state index < -0.39 is 5.54 Å². The van der Waals surface area contributed by atoms with Crippen LogP contribution in [0.2, 0.25) is 0 Å². The number of hydrogen-bond acceptors (Lipinski definition) is 3. The second-order valence-electron chi connectivity index (χ2n) is 7.33. The van der Waals surface area contributed by atoms with E-state index in [4.69, 9.17) is 10.5 Å². The van der Waals surface area contributed by atoms with Gasteiger partial charge in [0, 0.05) is 25.2 Å². The lowest BCUT2D eigenvalue weighted by molar-refractivity contribution is -0.129. The number of carbonyl (C=O) groups excluding carboxylic acids is 1. The highest BCUT2D eigenvalue weighted by Crippen LogP contribution is 2.33. The average Bonchev–Trinajstić information content (AvgIpc) is 3.28. The molecular weight excluding hydrogens is 302 g/mol. The number of benzene rings is 1. The fourth-order valence-corrected chi connectivity index (χ4v) is 3.36. The molecule has 1 aromatic carbocycles. The number of fused-ring (bicyclic) bond motifs is 1. The van der Waals surface area contributed by atoms with Crippen molar-refractivity contribution in [3.8, 4) is 0 Å². The molecule has 6 heteroatoms. The highest BCUT2D eigenvalue weighted by molar-refractivity contribution is 5.99. The summed E-state index contributed by atoms with van der Waals surface area (Å²) < 4.78 is 2.03. The second-order valence-corrected chi connectivity index (χ2v) is 7.33. The van der Waals surface area contributed by atoms with E-state index in [9.17, 15) is 4.79 Å². The minimum absolute atomic E-state index is 0.0451. The maximum absolute atomic E-state index is 12.1. The average molecular weight is 325 g/mol. The molecule has 1 aromatic heterocycles. The van der Waals surface area contributed by atoms with Crippen molar-refractivity contribution in [2.75, 3.05) is 7.05 Å². The molecular formula is C18H23N5O. The van der Waals surface area contributed by atoms with Crippen LogP contribution in [0.4, 0.5) is 0 Å². The molecule has 1 atom stereocenters. The number of guanidine groups is 1. The highest BCUT2D eigenvalue weighted by atomic mass is 16.2. The second kappa shape index (κ2) is 5.33. The zero-order valence-electron chi connectivity index (χ0n) is 14.2. The summed E-state index contributed by atoms with van der Waals surface area (Å²) >= 11 is 0. The minimum atomic E-state index is -0.563. The summed E-state index contributed by atoms with van der Waals surface area (Å²) in [5, 5.41) is 16.9. The van der Waals surface area contributed by atoms with Crippen LogP contribution in [0.5, 0.6) is 0 Å². The van der Waals surface area contributed by atoms with E-state index in [1.165, 1.54) is 24.2 Å². The lowest BCUT2D eigenvalue weighted by Gasteiger charge is -2.39. The van der Waals surface area contributed by atoms with E-state index in [0.717, 1.165) is 28.9 Å². The molecule has 2 fully saturated rings. The van der Waals surface area contributed by atoms with E-state index in [-0.39, 0.29) is 11.9 Å². The summed E-state index contributed by atoms with van der Waals surface area (Å²) in [6, 6.07) is 6.14. The van der Waals surface area contributed by atoms with Gasteiger partial charge in [-0.2, -0.15) is 5.10 Å². The molecule has 0 unspecified atom stereocenters. The number of aromatic nitrogens is 2. The molecule has 1 saturated heterocycles. The van der Waals surface area contributed by atoms with Gasteiger partial charge in [-0.1, -0.05) is 25.0 Å². The van der Waals surface area contributed by atoms with Gasteiger partial charge >= 0.3 is 0 Å². The SMILES string of the molecule is CN1C(=N)N[C@](C)(c2ccc3cn(CCC4CC4)nc3c2)CC1=O. The Morgan fingerprint density at radius 1 is 1.42 bits per heavy atom. The first-order valence-electron chi connectivity index (χ1n) is 8.56. The van der Waals surface area contributed by atoms with Gasteiger partial charge in [0.25, 0.3) is 0 Å². The first-order chi connectivity index (χ1) is 11.4. The summed E-state index contributed by atoms with van der Waals surface area (Å²) in [4.78, 5) is 13.5. The van der Waals surface area contributed by atoms with Gasteiger partial charge in [0.15, 0.2) is 5.96 Å². The fraction of sp³-hybridized carbons (Fsp3) is 0.500. The third-order valence-corrected chi connectivity index (χ3v) is 5.26. The third-order valence-electron chi connectivity index (χ3n) is 5.26. The molecule has 1 aliphatic heterocycles. The van der Waals surface area contributed by atoms with Crippen molar-refractivity contribution in [3.05, 3.63) is 30.0 Å². The Hall–Kier alpha value is -2.37. The van der Waals surface area contributed by atoms with Crippen molar-refractivity contribution in [1.29, 1.82) is 5.41 Å². The molecule has 0 radical (unpaired) electrons. The van der Waals surface area contributed by atoms with Crippen LogP contribution >= 0.6 is 0 Å². The smallest absolute Gasteiger partial charge is 0.231 e. The van der Waals surface area contributed by atoms with Gasteiger partial charge in [-0.25, -0.2) is 0 Å². The van der Waals surface area contributed by atoms with E-state index in [1.807, 2.05) is 23.7 Å². The number of hydrogen-bond donors (Lipinski definition) is 2. The molecule has 6 nitrogen and oxygen atoms in total. The normalized spacial score (nSPS) is 24.5. The number of rotatable bonds is 4. The zero-order valence-corrected chi connectivity index (χ0v) is 14.2. The molecule has 2 aliphatic rings. The van der Waals surface area contributed by atoms with Crippen LogP contribution in [0, 0.1) is 11.3 Å². The van der Waals surface area contributed by atoms with Crippen LogP contribution < -0.4 is 5.32 Å².